The predicted octanol–water partition coefficient (Wildman–Crippen LogP) is 6.24. The molecule has 0 saturated heterocycles. The molecule has 5 nitrogen and oxygen atoms in total. The Hall–Kier alpha value is -2.96. The van der Waals surface area contributed by atoms with Crippen LogP contribution in [-0.4, -0.2) is 28.2 Å². The van der Waals surface area contributed by atoms with E-state index >= 15 is 0 Å². The van der Waals surface area contributed by atoms with E-state index in [9.17, 15) is 4.79 Å². The van der Waals surface area contributed by atoms with Gasteiger partial charge in [-0.05, 0) is 67.3 Å². The van der Waals surface area contributed by atoms with E-state index in [1.807, 2.05) is 56.3 Å². The van der Waals surface area contributed by atoms with Gasteiger partial charge in [-0.25, -0.2) is 4.98 Å². The van der Waals surface area contributed by atoms with Crippen LogP contribution < -0.4 is 10.1 Å². The first kappa shape index (κ1) is 22.2. The Bertz CT molecular complexity index is 1250. The van der Waals surface area contributed by atoms with Gasteiger partial charge in [0.25, 0.3) is 0 Å². The van der Waals surface area contributed by atoms with Crippen molar-refractivity contribution in [3.8, 4) is 5.75 Å². The average molecular weight is 466 g/mol. The third-order valence-electron chi connectivity index (χ3n) is 5.17. The number of rotatable bonds is 7. The fraction of sp³-hybridized carbons (Fsp3) is 0.200. The van der Waals surface area contributed by atoms with Gasteiger partial charge in [-0.1, -0.05) is 53.7 Å². The van der Waals surface area contributed by atoms with Gasteiger partial charge < -0.3 is 15.0 Å². The number of carbonyl (C=O) groups is 1. The van der Waals surface area contributed by atoms with E-state index in [-0.39, 0.29) is 11.2 Å². The molecule has 32 heavy (non-hydrogen) atoms. The number of aromatic nitrogens is 2. The zero-order valence-electron chi connectivity index (χ0n) is 18.1. The minimum atomic E-state index is -0.349. The topological polar surface area (TPSA) is 67.0 Å². The molecule has 164 valence electrons. The highest BCUT2D eigenvalue weighted by atomic mass is 35.5. The summed E-state index contributed by atoms with van der Waals surface area (Å²) in [6.45, 7) is 3.81. The van der Waals surface area contributed by atoms with Crippen LogP contribution in [0.1, 0.15) is 23.6 Å². The standard InChI is InChI=1S/C25H24ClN3O2S/c1-15-7-12-21(20(26)13-15)27-24(30)16(2)32-25-28-22-6-4-5-18(23(22)29-25)14-17-8-10-19(31-3)11-9-17/h4-13,16H,14H2,1-3H3,(H,27,30)(H,28,29). The predicted molar refractivity (Wildman–Crippen MR) is 132 cm³/mol. The Morgan fingerprint density at radius 2 is 1.97 bits per heavy atom. The number of amides is 1. The van der Waals surface area contributed by atoms with Gasteiger partial charge in [0, 0.05) is 0 Å². The van der Waals surface area contributed by atoms with Crippen molar-refractivity contribution in [2.75, 3.05) is 12.4 Å². The molecular formula is C25H24ClN3O2S. The Kier molecular flexibility index (Phi) is 6.72. The van der Waals surface area contributed by atoms with Crippen molar-refractivity contribution in [1.29, 1.82) is 0 Å². The maximum atomic E-state index is 12.7. The van der Waals surface area contributed by atoms with E-state index in [4.69, 9.17) is 21.3 Å². The average Bonchev–Trinajstić information content (AvgIpc) is 3.19. The fourth-order valence-electron chi connectivity index (χ4n) is 3.41. The minimum Gasteiger partial charge on any atom is -0.497 e. The Morgan fingerprint density at radius 3 is 2.69 bits per heavy atom. The van der Waals surface area contributed by atoms with E-state index in [1.165, 1.54) is 17.3 Å². The number of para-hydroxylation sites is 1. The lowest BCUT2D eigenvalue weighted by molar-refractivity contribution is -0.115. The number of H-pyrrole nitrogens is 1. The SMILES string of the molecule is COc1ccc(Cc2cccc3[nH]c(SC(C)C(=O)Nc4ccc(C)cc4Cl)nc23)cc1. The van der Waals surface area contributed by atoms with E-state index in [1.54, 1.807) is 7.11 Å². The van der Waals surface area contributed by atoms with Gasteiger partial charge in [-0.2, -0.15) is 0 Å². The summed E-state index contributed by atoms with van der Waals surface area (Å²) in [6, 6.07) is 19.7. The molecule has 0 aliphatic carbocycles. The molecule has 1 heterocycles. The normalized spacial score (nSPS) is 12.0. The maximum Gasteiger partial charge on any atom is 0.237 e. The van der Waals surface area contributed by atoms with Crippen LogP contribution in [0.3, 0.4) is 0 Å². The second-order valence-electron chi connectivity index (χ2n) is 7.61. The quantitative estimate of drug-likeness (QED) is 0.317. The highest BCUT2D eigenvalue weighted by molar-refractivity contribution is 8.00. The van der Waals surface area contributed by atoms with Crippen molar-refractivity contribution in [1.82, 2.24) is 9.97 Å². The van der Waals surface area contributed by atoms with Crippen molar-refractivity contribution < 1.29 is 9.53 Å². The second kappa shape index (κ2) is 9.67. The highest BCUT2D eigenvalue weighted by Crippen LogP contribution is 2.28. The molecule has 0 fully saturated rings. The van der Waals surface area contributed by atoms with Crippen LogP contribution in [0.2, 0.25) is 5.02 Å². The van der Waals surface area contributed by atoms with Gasteiger partial charge in [0.15, 0.2) is 5.16 Å². The van der Waals surface area contributed by atoms with Crippen molar-refractivity contribution in [3.05, 3.63) is 82.4 Å². The summed E-state index contributed by atoms with van der Waals surface area (Å²) < 4.78 is 5.24. The van der Waals surface area contributed by atoms with E-state index in [2.05, 4.69) is 28.5 Å². The maximum absolute atomic E-state index is 12.7. The molecule has 4 aromatic rings. The number of hydrogen-bond donors (Lipinski definition) is 2. The molecule has 0 spiro atoms. The number of aryl methyl sites for hydroxylation is 1. The first-order valence-corrected chi connectivity index (χ1v) is 11.5. The Morgan fingerprint density at radius 1 is 1.19 bits per heavy atom. The summed E-state index contributed by atoms with van der Waals surface area (Å²) in [5.41, 5.74) is 5.83. The summed E-state index contributed by atoms with van der Waals surface area (Å²) in [4.78, 5) is 20.8. The van der Waals surface area contributed by atoms with Crippen LogP contribution in [0.4, 0.5) is 5.69 Å². The van der Waals surface area contributed by atoms with E-state index < -0.39 is 0 Å². The monoisotopic (exact) mass is 465 g/mol. The van der Waals surface area contributed by atoms with Crippen LogP contribution in [0.5, 0.6) is 5.75 Å². The molecule has 7 heteroatoms. The van der Waals surface area contributed by atoms with Crippen molar-refractivity contribution in [2.24, 2.45) is 0 Å². The number of hydrogen-bond acceptors (Lipinski definition) is 4. The zero-order chi connectivity index (χ0) is 22.7. The van der Waals surface area contributed by atoms with Crippen LogP contribution in [0.25, 0.3) is 11.0 Å². The summed E-state index contributed by atoms with van der Waals surface area (Å²) in [7, 11) is 1.66. The molecule has 2 N–H and O–H groups in total. The lowest BCUT2D eigenvalue weighted by Gasteiger charge is -2.12. The van der Waals surface area contributed by atoms with Gasteiger partial charge in [0.1, 0.15) is 5.75 Å². The zero-order valence-corrected chi connectivity index (χ0v) is 19.7. The summed E-state index contributed by atoms with van der Waals surface area (Å²) in [5, 5.41) is 3.79. The minimum absolute atomic E-state index is 0.125. The molecule has 0 aliphatic heterocycles. The number of thioether (sulfide) groups is 1. The summed E-state index contributed by atoms with van der Waals surface area (Å²) >= 11 is 7.63. The van der Waals surface area contributed by atoms with E-state index in [0.717, 1.165) is 34.3 Å². The van der Waals surface area contributed by atoms with Gasteiger partial charge in [-0.3, -0.25) is 4.79 Å². The summed E-state index contributed by atoms with van der Waals surface area (Å²) in [6.07, 6.45) is 0.762. The molecule has 0 aliphatic rings. The molecule has 4 rings (SSSR count). The third kappa shape index (κ3) is 5.09. The van der Waals surface area contributed by atoms with Crippen LogP contribution in [0.15, 0.2) is 65.8 Å². The molecule has 1 amide bonds. The van der Waals surface area contributed by atoms with Gasteiger partial charge in [0.2, 0.25) is 5.91 Å². The molecule has 1 unspecified atom stereocenters. The van der Waals surface area contributed by atoms with Crippen LogP contribution >= 0.6 is 23.4 Å². The van der Waals surface area contributed by atoms with E-state index in [0.29, 0.717) is 15.9 Å². The first-order chi connectivity index (χ1) is 15.4. The number of fused-ring (bicyclic) bond motifs is 1. The van der Waals surface area contributed by atoms with Crippen LogP contribution in [-0.2, 0) is 11.2 Å². The lowest BCUT2D eigenvalue weighted by atomic mass is 10.0. The van der Waals surface area contributed by atoms with Crippen molar-refractivity contribution >= 4 is 46.0 Å². The lowest BCUT2D eigenvalue weighted by Crippen LogP contribution is -2.22. The fourth-order valence-corrected chi connectivity index (χ4v) is 4.50. The number of carbonyl (C=O) groups excluding carboxylic acids is 1. The third-order valence-corrected chi connectivity index (χ3v) is 6.47. The Labute approximate surface area is 196 Å². The number of nitrogens with zero attached hydrogens (tertiary/aromatic N) is 1. The van der Waals surface area contributed by atoms with Crippen molar-refractivity contribution in [2.45, 2.75) is 30.7 Å². The first-order valence-electron chi connectivity index (χ1n) is 10.3. The number of halogens is 1. The number of anilines is 1. The number of imidazole rings is 1. The number of methoxy groups -OCH3 is 1. The molecule has 1 aromatic heterocycles. The number of ether oxygens (including phenoxy) is 1. The number of aromatic amines is 1. The number of nitrogens with one attached hydrogen (secondary N) is 2. The molecule has 3 aromatic carbocycles. The Balaban J connectivity index is 1.48. The van der Waals surface area contributed by atoms with Gasteiger partial charge in [0.05, 0.1) is 34.1 Å². The molecule has 0 saturated carbocycles. The molecule has 0 bridgehead atoms. The van der Waals surface area contributed by atoms with Crippen molar-refractivity contribution in [3.63, 3.8) is 0 Å². The molecule has 1 atom stereocenters. The summed E-state index contributed by atoms with van der Waals surface area (Å²) in [5.74, 6) is 0.712. The van der Waals surface area contributed by atoms with Crippen LogP contribution in [0, 0.1) is 6.92 Å². The highest BCUT2D eigenvalue weighted by Gasteiger charge is 2.18. The molecule has 0 radical (unpaired) electrons. The largest absolute Gasteiger partial charge is 0.497 e. The van der Waals surface area contributed by atoms with Gasteiger partial charge in [-0.15, -0.1) is 0 Å². The number of benzene rings is 3. The van der Waals surface area contributed by atoms with Gasteiger partial charge >= 0.3 is 0 Å². The molecular weight excluding hydrogens is 442 g/mol. The smallest absolute Gasteiger partial charge is 0.237 e. The second-order valence-corrected chi connectivity index (χ2v) is 9.35.